The third-order valence-corrected chi connectivity index (χ3v) is 5.29. The molecule has 0 saturated heterocycles. The van der Waals surface area contributed by atoms with Crippen molar-refractivity contribution in [3.8, 4) is 0 Å². The van der Waals surface area contributed by atoms with Crippen molar-refractivity contribution in [3.05, 3.63) is 38.6 Å². The zero-order valence-corrected chi connectivity index (χ0v) is 14.0. The van der Waals surface area contributed by atoms with Gasteiger partial charge < -0.3 is 9.40 Å². The van der Waals surface area contributed by atoms with Gasteiger partial charge in [-0.3, -0.25) is 14.9 Å². The Morgan fingerprint density at radius 2 is 2.17 bits per heavy atom. The van der Waals surface area contributed by atoms with E-state index in [9.17, 15) is 9.59 Å². The number of furan rings is 1. The summed E-state index contributed by atoms with van der Waals surface area (Å²) in [6.07, 6.45) is 6.75. The zero-order chi connectivity index (χ0) is 16.7. The van der Waals surface area contributed by atoms with Gasteiger partial charge in [0.05, 0.1) is 17.6 Å². The Morgan fingerprint density at radius 3 is 3.04 bits per heavy atom. The van der Waals surface area contributed by atoms with E-state index in [0.717, 1.165) is 31.4 Å². The Hall–Kier alpha value is -2.48. The number of hydrogen-bond acceptors (Lipinski definition) is 6. The number of anilines is 1. The molecule has 1 aliphatic carbocycles. The minimum Gasteiger partial charge on any atom is -0.442 e. The molecule has 0 saturated carbocycles. The number of nitrogens with zero attached hydrogens (tertiary/aromatic N) is 2. The van der Waals surface area contributed by atoms with Crippen molar-refractivity contribution in [1.29, 1.82) is 0 Å². The summed E-state index contributed by atoms with van der Waals surface area (Å²) in [7, 11) is 0. The van der Waals surface area contributed by atoms with Crippen LogP contribution in [0.3, 0.4) is 0 Å². The SMILES string of the molecule is Cc1oc2nc[nH]c(=O)c2c1C(=O)Nc1nc2c(s1)CCCCC2. The molecule has 0 fully saturated rings. The van der Waals surface area contributed by atoms with E-state index < -0.39 is 11.5 Å². The molecular formula is C16H16N4O3S. The average molecular weight is 344 g/mol. The summed E-state index contributed by atoms with van der Waals surface area (Å²) < 4.78 is 5.43. The smallest absolute Gasteiger partial charge is 0.262 e. The molecule has 0 unspecified atom stereocenters. The van der Waals surface area contributed by atoms with Crippen molar-refractivity contribution in [2.24, 2.45) is 0 Å². The first-order chi connectivity index (χ1) is 11.6. The molecule has 8 heteroatoms. The second-order valence-electron chi connectivity index (χ2n) is 5.85. The summed E-state index contributed by atoms with van der Waals surface area (Å²) in [5, 5.41) is 3.55. The van der Waals surface area contributed by atoms with Gasteiger partial charge in [0.2, 0.25) is 5.71 Å². The summed E-state index contributed by atoms with van der Waals surface area (Å²) in [5.74, 6) is -0.0292. The molecule has 4 rings (SSSR count). The third kappa shape index (κ3) is 2.52. The predicted molar refractivity (Wildman–Crippen MR) is 90.7 cm³/mol. The molecule has 0 aliphatic heterocycles. The van der Waals surface area contributed by atoms with E-state index in [1.807, 2.05) is 0 Å². The first kappa shape index (κ1) is 15.1. The van der Waals surface area contributed by atoms with E-state index in [4.69, 9.17) is 4.42 Å². The predicted octanol–water partition coefficient (Wildman–Crippen LogP) is 2.80. The number of fused-ring (bicyclic) bond motifs is 2. The number of aryl methyl sites for hydroxylation is 3. The van der Waals surface area contributed by atoms with Gasteiger partial charge in [-0.2, -0.15) is 0 Å². The molecule has 0 spiro atoms. The Kier molecular flexibility index (Phi) is 3.68. The summed E-state index contributed by atoms with van der Waals surface area (Å²) in [6.45, 7) is 1.65. The number of carbonyl (C=O) groups excluding carboxylic acids is 1. The highest BCUT2D eigenvalue weighted by Gasteiger charge is 2.23. The second-order valence-corrected chi connectivity index (χ2v) is 6.93. The summed E-state index contributed by atoms with van der Waals surface area (Å²) in [6, 6.07) is 0. The minimum absolute atomic E-state index is 0.163. The van der Waals surface area contributed by atoms with Crippen molar-refractivity contribution in [1.82, 2.24) is 15.0 Å². The quantitative estimate of drug-likeness (QED) is 0.696. The largest absolute Gasteiger partial charge is 0.442 e. The van der Waals surface area contributed by atoms with Crippen LogP contribution in [-0.2, 0) is 12.8 Å². The number of hydrogen-bond donors (Lipinski definition) is 2. The summed E-state index contributed by atoms with van der Waals surface area (Å²) in [5.41, 5.74) is 1.07. The monoisotopic (exact) mass is 344 g/mol. The molecule has 0 aromatic carbocycles. The second kappa shape index (κ2) is 5.86. The van der Waals surface area contributed by atoms with Gasteiger partial charge in [0.25, 0.3) is 11.5 Å². The first-order valence-corrected chi connectivity index (χ1v) is 8.72. The standard InChI is InChI=1S/C16H16N4O3S/c1-8-11(12-13(21)17-7-18-15(12)23-8)14(22)20-16-19-9-5-3-2-4-6-10(9)24-16/h7H,2-6H2,1H3,(H,17,18,21)(H,19,20,22). The first-order valence-electron chi connectivity index (χ1n) is 7.90. The van der Waals surface area contributed by atoms with E-state index >= 15 is 0 Å². The van der Waals surface area contributed by atoms with Crippen LogP contribution in [-0.4, -0.2) is 20.9 Å². The lowest BCUT2D eigenvalue weighted by atomic mass is 10.2. The van der Waals surface area contributed by atoms with Gasteiger partial charge in [-0.25, -0.2) is 9.97 Å². The Bertz CT molecular complexity index is 962. The van der Waals surface area contributed by atoms with Gasteiger partial charge in [-0.15, -0.1) is 11.3 Å². The maximum atomic E-state index is 12.7. The van der Waals surface area contributed by atoms with Crippen LogP contribution in [0, 0.1) is 6.92 Å². The van der Waals surface area contributed by atoms with Gasteiger partial charge in [0.15, 0.2) is 5.13 Å². The number of aromatic nitrogens is 3. The number of nitrogens with one attached hydrogen (secondary N) is 2. The van der Waals surface area contributed by atoms with Crippen molar-refractivity contribution < 1.29 is 9.21 Å². The van der Waals surface area contributed by atoms with Crippen LogP contribution in [0.4, 0.5) is 5.13 Å². The topological polar surface area (TPSA) is 101 Å². The van der Waals surface area contributed by atoms with E-state index in [0.29, 0.717) is 10.9 Å². The Balaban J connectivity index is 1.68. The molecular weight excluding hydrogens is 328 g/mol. The molecule has 2 N–H and O–H groups in total. The average Bonchev–Trinajstić information content (AvgIpc) is 3.00. The van der Waals surface area contributed by atoms with Gasteiger partial charge >= 0.3 is 0 Å². The normalized spacial score (nSPS) is 14.4. The van der Waals surface area contributed by atoms with Gasteiger partial charge in [0.1, 0.15) is 11.1 Å². The van der Waals surface area contributed by atoms with Gasteiger partial charge in [-0.1, -0.05) is 6.42 Å². The molecule has 3 aromatic heterocycles. The minimum atomic E-state index is -0.395. The van der Waals surface area contributed by atoms with Crippen LogP contribution >= 0.6 is 11.3 Å². The zero-order valence-electron chi connectivity index (χ0n) is 13.1. The molecule has 124 valence electrons. The molecule has 0 atom stereocenters. The molecule has 24 heavy (non-hydrogen) atoms. The molecule has 3 heterocycles. The summed E-state index contributed by atoms with van der Waals surface area (Å²) in [4.78, 5) is 36.9. The van der Waals surface area contributed by atoms with E-state index in [1.165, 1.54) is 29.0 Å². The fraction of sp³-hybridized carbons (Fsp3) is 0.375. The number of H-pyrrole nitrogens is 1. The number of aromatic amines is 1. The number of amides is 1. The molecule has 0 bridgehead atoms. The lowest BCUT2D eigenvalue weighted by Crippen LogP contribution is -2.16. The van der Waals surface area contributed by atoms with E-state index in [1.54, 1.807) is 6.92 Å². The van der Waals surface area contributed by atoms with E-state index in [2.05, 4.69) is 20.3 Å². The fourth-order valence-corrected chi connectivity index (χ4v) is 4.11. The van der Waals surface area contributed by atoms with Crippen molar-refractivity contribution in [3.63, 3.8) is 0 Å². The van der Waals surface area contributed by atoms with E-state index in [-0.39, 0.29) is 16.7 Å². The maximum absolute atomic E-state index is 12.7. The highest BCUT2D eigenvalue weighted by molar-refractivity contribution is 7.15. The van der Waals surface area contributed by atoms with Crippen LogP contribution in [0.1, 0.15) is 46.0 Å². The van der Waals surface area contributed by atoms with Crippen molar-refractivity contribution >= 4 is 33.5 Å². The van der Waals surface area contributed by atoms with Crippen LogP contribution in [0.25, 0.3) is 11.1 Å². The fourth-order valence-electron chi connectivity index (χ4n) is 3.07. The highest BCUT2D eigenvalue weighted by atomic mass is 32.1. The summed E-state index contributed by atoms with van der Waals surface area (Å²) >= 11 is 1.51. The molecule has 0 radical (unpaired) electrons. The maximum Gasteiger partial charge on any atom is 0.262 e. The van der Waals surface area contributed by atoms with Crippen molar-refractivity contribution in [2.45, 2.75) is 39.0 Å². The molecule has 1 amide bonds. The van der Waals surface area contributed by atoms with Crippen LogP contribution in [0.15, 0.2) is 15.5 Å². The third-order valence-electron chi connectivity index (χ3n) is 4.21. The number of carbonyl (C=O) groups is 1. The van der Waals surface area contributed by atoms with Gasteiger partial charge in [0, 0.05) is 4.88 Å². The lowest BCUT2D eigenvalue weighted by molar-refractivity contribution is 0.102. The van der Waals surface area contributed by atoms with Gasteiger partial charge in [-0.05, 0) is 32.6 Å². The van der Waals surface area contributed by atoms with Crippen LogP contribution in [0.5, 0.6) is 0 Å². The molecule has 3 aromatic rings. The molecule has 1 aliphatic rings. The Labute approximate surface area is 141 Å². The van der Waals surface area contributed by atoms with Crippen molar-refractivity contribution in [2.75, 3.05) is 5.32 Å². The highest BCUT2D eigenvalue weighted by Crippen LogP contribution is 2.30. The lowest BCUT2D eigenvalue weighted by Gasteiger charge is -2.00. The Morgan fingerprint density at radius 1 is 1.33 bits per heavy atom. The number of rotatable bonds is 2. The van der Waals surface area contributed by atoms with Crippen LogP contribution < -0.4 is 10.9 Å². The number of thiazole rings is 1. The van der Waals surface area contributed by atoms with Crippen LogP contribution in [0.2, 0.25) is 0 Å². The molecule has 7 nitrogen and oxygen atoms in total.